The van der Waals surface area contributed by atoms with Crippen LogP contribution in [0.4, 0.5) is 11.4 Å². The van der Waals surface area contributed by atoms with Crippen molar-refractivity contribution >= 4 is 33.0 Å². The lowest BCUT2D eigenvalue weighted by Crippen LogP contribution is -2.28. The smallest absolute Gasteiger partial charge is 0.269 e. The Morgan fingerprint density at radius 2 is 1.83 bits per heavy atom. The molecule has 0 aliphatic rings. The second-order valence-corrected chi connectivity index (χ2v) is 7.41. The molecule has 0 aliphatic heterocycles. The van der Waals surface area contributed by atoms with Crippen molar-refractivity contribution in [3.63, 3.8) is 0 Å². The van der Waals surface area contributed by atoms with Crippen LogP contribution in [0.3, 0.4) is 0 Å². The second kappa shape index (κ2) is 6.17. The minimum atomic E-state index is -3.95. The van der Waals surface area contributed by atoms with Crippen LogP contribution in [0.25, 0.3) is 0 Å². The zero-order valence-corrected chi connectivity index (χ0v) is 14.4. The molecule has 0 spiro atoms. The number of benzene rings is 2. The molecule has 122 valence electrons. The van der Waals surface area contributed by atoms with E-state index in [1.165, 1.54) is 19.2 Å². The van der Waals surface area contributed by atoms with E-state index in [9.17, 15) is 18.5 Å². The minimum absolute atomic E-state index is 0.103. The molecule has 0 saturated heterocycles. The summed E-state index contributed by atoms with van der Waals surface area (Å²) < 4.78 is 26.8. The van der Waals surface area contributed by atoms with Gasteiger partial charge in [-0.1, -0.05) is 23.7 Å². The van der Waals surface area contributed by atoms with Gasteiger partial charge in [-0.2, -0.15) is 0 Å². The molecule has 0 heterocycles. The first kappa shape index (κ1) is 17.2. The van der Waals surface area contributed by atoms with Crippen molar-refractivity contribution in [2.45, 2.75) is 18.7 Å². The molecule has 0 unspecified atom stereocenters. The fraction of sp³-hybridized carbons (Fsp3) is 0.200. The quantitative estimate of drug-likeness (QED) is 0.619. The highest BCUT2D eigenvalue weighted by Gasteiger charge is 2.26. The van der Waals surface area contributed by atoms with E-state index >= 15 is 0 Å². The summed E-state index contributed by atoms with van der Waals surface area (Å²) >= 11 is 6.04. The lowest BCUT2D eigenvalue weighted by molar-refractivity contribution is -0.385. The van der Waals surface area contributed by atoms with Crippen LogP contribution in [0.15, 0.2) is 41.3 Å². The van der Waals surface area contributed by atoms with Gasteiger partial charge in [-0.05, 0) is 37.1 Å². The van der Waals surface area contributed by atoms with Gasteiger partial charge in [-0.15, -0.1) is 0 Å². The molecule has 2 aromatic rings. The summed E-state index contributed by atoms with van der Waals surface area (Å²) in [6.07, 6.45) is 0. The Kier molecular flexibility index (Phi) is 4.63. The summed E-state index contributed by atoms with van der Waals surface area (Å²) in [5.74, 6) is 0. The highest BCUT2D eigenvalue weighted by atomic mass is 35.5. The number of non-ortho nitro benzene ring substituents is 1. The lowest BCUT2D eigenvalue weighted by Gasteiger charge is -2.22. The maximum absolute atomic E-state index is 12.9. The summed E-state index contributed by atoms with van der Waals surface area (Å²) in [4.78, 5) is 10.2. The zero-order chi connectivity index (χ0) is 17.4. The predicted molar refractivity (Wildman–Crippen MR) is 89.6 cm³/mol. The summed E-state index contributed by atoms with van der Waals surface area (Å²) in [7, 11) is -2.55. The molecular weight excluding hydrogens is 340 g/mol. The first-order chi connectivity index (χ1) is 10.7. The van der Waals surface area contributed by atoms with Gasteiger partial charge >= 0.3 is 0 Å². The fourth-order valence-electron chi connectivity index (χ4n) is 2.19. The molecule has 0 bridgehead atoms. The molecule has 6 nitrogen and oxygen atoms in total. The van der Waals surface area contributed by atoms with Crippen molar-refractivity contribution in [2.75, 3.05) is 11.4 Å². The number of sulfonamides is 1. The third kappa shape index (κ3) is 3.16. The molecule has 0 aliphatic carbocycles. The highest BCUT2D eigenvalue weighted by Crippen LogP contribution is 2.31. The predicted octanol–water partition coefficient (Wildman–Crippen LogP) is 3.69. The normalized spacial score (nSPS) is 11.3. The molecular formula is C15H15ClN2O4S. The topological polar surface area (TPSA) is 80.5 Å². The number of nitrogens with zero attached hydrogens (tertiary/aromatic N) is 2. The number of nitro groups is 1. The van der Waals surface area contributed by atoms with Gasteiger partial charge in [0.2, 0.25) is 0 Å². The largest absolute Gasteiger partial charge is 0.270 e. The average Bonchev–Trinajstić information content (AvgIpc) is 2.49. The third-order valence-corrected chi connectivity index (χ3v) is 5.92. The second-order valence-electron chi connectivity index (χ2n) is 5.06. The molecule has 0 saturated carbocycles. The average molecular weight is 355 g/mol. The van der Waals surface area contributed by atoms with Crippen LogP contribution >= 0.6 is 11.6 Å². The van der Waals surface area contributed by atoms with Crippen LogP contribution in [0.1, 0.15) is 11.1 Å². The number of halogens is 1. The highest BCUT2D eigenvalue weighted by molar-refractivity contribution is 7.92. The van der Waals surface area contributed by atoms with Gasteiger partial charge in [0.25, 0.3) is 15.7 Å². The van der Waals surface area contributed by atoms with E-state index in [1.54, 1.807) is 32.0 Å². The van der Waals surface area contributed by atoms with E-state index < -0.39 is 14.9 Å². The zero-order valence-electron chi connectivity index (χ0n) is 12.8. The summed E-state index contributed by atoms with van der Waals surface area (Å²) in [5, 5.41) is 11.4. The Morgan fingerprint density at radius 1 is 1.17 bits per heavy atom. The van der Waals surface area contributed by atoms with Crippen molar-refractivity contribution in [3.05, 3.63) is 62.7 Å². The first-order valence-electron chi connectivity index (χ1n) is 6.65. The van der Waals surface area contributed by atoms with Crippen molar-refractivity contribution in [1.82, 2.24) is 0 Å². The first-order valence-corrected chi connectivity index (χ1v) is 8.47. The Balaban J connectivity index is 2.60. The van der Waals surface area contributed by atoms with Gasteiger partial charge < -0.3 is 0 Å². The Labute approximate surface area is 139 Å². The van der Waals surface area contributed by atoms with E-state index in [-0.39, 0.29) is 10.6 Å². The lowest BCUT2D eigenvalue weighted by atomic mass is 10.2. The fourth-order valence-corrected chi connectivity index (χ4v) is 3.86. The SMILES string of the molecule is Cc1ccc([N+](=O)[O-])cc1S(=O)(=O)N(C)c1cccc(Cl)c1C. The van der Waals surface area contributed by atoms with Gasteiger partial charge in [-0.3, -0.25) is 14.4 Å². The van der Waals surface area contributed by atoms with E-state index in [1.807, 2.05) is 0 Å². The van der Waals surface area contributed by atoms with Crippen LogP contribution in [-0.2, 0) is 10.0 Å². The number of hydrogen-bond acceptors (Lipinski definition) is 4. The maximum atomic E-state index is 12.9. The molecule has 0 radical (unpaired) electrons. The minimum Gasteiger partial charge on any atom is -0.269 e. The van der Waals surface area contributed by atoms with Gasteiger partial charge in [0, 0.05) is 24.2 Å². The summed E-state index contributed by atoms with van der Waals surface area (Å²) in [6, 6.07) is 8.71. The molecule has 0 atom stereocenters. The van der Waals surface area contributed by atoms with Crippen LogP contribution in [-0.4, -0.2) is 20.4 Å². The summed E-state index contributed by atoms with van der Waals surface area (Å²) in [5.41, 5.74) is 1.19. The molecule has 0 N–H and O–H groups in total. The van der Waals surface area contributed by atoms with Gasteiger partial charge in [0.05, 0.1) is 15.5 Å². The molecule has 2 rings (SSSR count). The molecule has 0 fully saturated rings. The van der Waals surface area contributed by atoms with Crippen molar-refractivity contribution in [2.24, 2.45) is 0 Å². The van der Waals surface area contributed by atoms with E-state index in [4.69, 9.17) is 11.6 Å². The van der Waals surface area contributed by atoms with Gasteiger partial charge in [-0.25, -0.2) is 8.42 Å². The monoisotopic (exact) mass is 354 g/mol. The van der Waals surface area contributed by atoms with E-state index in [2.05, 4.69) is 0 Å². The van der Waals surface area contributed by atoms with E-state index in [0.717, 1.165) is 10.4 Å². The molecule has 0 aromatic heterocycles. The molecule has 0 amide bonds. The number of hydrogen-bond donors (Lipinski definition) is 0. The van der Waals surface area contributed by atoms with Crippen LogP contribution in [0.2, 0.25) is 5.02 Å². The standard InChI is InChI=1S/C15H15ClN2O4S/c1-10-7-8-12(18(19)20)9-15(10)23(21,22)17(3)14-6-4-5-13(16)11(14)2/h4-9H,1-3H3. The van der Waals surface area contributed by atoms with Gasteiger partial charge in [0.1, 0.15) is 0 Å². The Hall–Kier alpha value is -2.12. The van der Waals surface area contributed by atoms with Crippen molar-refractivity contribution < 1.29 is 13.3 Å². The summed E-state index contributed by atoms with van der Waals surface area (Å²) in [6.45, 7) is 3.30. The Morgan fingerprint density at radius 3 is 2.43 bits per heavy atom. The van der Waals surface area contributed by atoms with Crippen LogP contribution < -0.4 is 4.31 Å². The molecule has 23 heavy (non-hydrogen) atoms. The molecule has 2 aromatic carbocycles. The number of nitro benzene ring substituents is 1. The van der Waals surface area contributed by atoms with Crippen LogP contribution in [0, 0.1) is 24.0 Å². The maximum Gasteiger partial charge on any atom is 0.270 e. The van der Waals surface area contributed by atoms with Gasteiger partial charge in [0.15, 0.2) is 0 Å². The molecule has 8 heteroatoms. The van der Waals surface area contributed by atoms with Crippen molar-refractivity contribution in [1.29, 1.82) is 0 Å². The number of aryl methyl sites for hydroxylation is 1. The van der Waals surface area contributed by atoms with E-state index in [0.29, 0.717) is 21.8 Å². The third-order valence-electron chi connectivity index (χ3n) is 3.60. The van der Waals surface area contributed by atoms with Crippen LogP contribution in [0.5, 0.6) is 0 Å². The van der Waals surface area contributed by atoms with Crippen molar-refractivity contribution in [3.8, 4) is 0 Å². The Bertz CT molecular complexity index is 881. The number of anilines is 1. The number of rotatable bonds is 4.